The monoisotopic (exact) mass is 339 g/mol. The highest BCUT2D eigenvalue weighted by Crippen LogP contribution is 2.28. The van der Waals surface area contributed by atoms with Crippen LogP contribution in [0, 0.1) is 5.92 Å². The van der Waals surface area contributed by atoms with Gasteiger partial charge in [-0.05, 0) is 55.3 Å². The van der Waals surface area contributed by atoms with Crippen LogP contribution in [0.15, 0.2) is 28.7 Å². The lowest BCUT2D eigenvalue weighted by atomic mass is 9.92. The normalized spacial score (nSPS) is 20.5. The standard InChI is InChI=1S/C17H26BrNO/c1-13(2)11-19-12-15(10-17-7-4-8-20-17)14-5-3-6-16(18)9-14/h3,5-6,9,13,15,17,19H,4,7-8,10-12H2,1-2H3. The molecule has 2 unspecified atom stereocenters. The smallest absolute Gasteiger partial charge is 0.0582 e. The fourth-order valence-electron chi connectivity index (χ4n) is 2.79. The minimum atomic E-state index is 0.444. The SMILES string of the molecule is CC(C)CNCC(CC1CCCO1)c1cccc(Br)c1. The van der Waals surface area contributed by atoms with Crippen molar-refractivity contribution in [1.29, 1.82) is 0 Å². The number of benzene rings is 1. The van der Waals surface area contributed by atoms with Crippen molar-refractivity contribution < 1.29 is 4.74 Å². The van der Waals surface area contributed by atoms with Gasteiger partial charge in [0.1, 0.15) is 0 Å². The lowest BCUT2D eigenvalue weighted by Gasteiger charge is -2.22. The number of ether oxygens (including phenoxy) is 1. The third kappa shape index (κ3) is 5.19. The van der Waals surface area contributed by atoms with E-state index in [0.717, 1.165) is 30.6 Å². The molecular weight excluding hydrogens is 314 g/mol. The van der Waals surface area contributed by atoms with E-state index in [1.165, 1.54) is 18.4 Å². The molecule has 1 fully saturated rings. The summed E-state index contributed by atoms with van der Waals surface area (Å²) in [6.45, 7) is 7.56. The summed E-state index contributed by atoms with van der Waals surface area (Å²) in [6.07, 6.45) is 4.01. The highest BCUT2D eigenvalue weighted by atomic mass is 79.9. The first kappa shape index (κ1) is 16.0. The topological polar surface area (TPSA) is 21.3 Å². The molecule has 1 heterocycles. The Labute approximate surface area is 131 Å². The lowest BCUT2D eigenvalue weighted by Crippen LogP contribution is -2.27. The van der Waals surface area contributed by atoms with E-state index in [4.69, 9.17) is 4.74 Å². The van der Waals surface area contributed by atoms with Crippen molar-refractivity contribution in [3.8, 4) is 0 Å². The van der Waals surface area contributed by atoms with Crippen LogP contribution in [-0.4, -0.2) is 25.8 Å². The minimum Gasteiger partial charge on any atom is -0.378 e. The number of hydrogen-bond donors (Lipinski definition) is 1. The Morgan fingerprint density at radius 1 is 1.35 bits per heavy atom. The molecule has 0 bridgehead atoms. The van der Waals surface area contributed by atoms with E-state index in [9.17, 15) is 0 Å². The molecule has 1 aliphatic heterocycles. The molecule has 1 N–H and O–H groups in total. The second kappa shape index (κ2) is 8.16. The summed E-state index contributed by atoms with van der Waals surface area (Å²) in [5.74, 6) is 1.23. The Hall–Kier alpha value is -0.380. The van der Waals surface area contributed by atoms with Crippen LogP contribution >= 0.6 is 15.9 Å². The van der Waals surface area contributed by atoms with Gasteiger partial charge < -0.3 is 10.1 Å². The highest BCUT2D eigenvalue weighted by Gasteiger charge is 2.22. The van der Waals surface area contributed by atoms with Crippen LogP contribution < -0.4 is 5.32 Å². The summed E-state index contributed by atoms with van der Waals surface area (Å²) in [4.78, 5) is 0. The van der Waals surface area contributed by atoms with Crippen LogP contribution in [0.1, 0.15) is 44.6 Å². The van der Waals surface area contributed by atoms with Gasteiger partial charge in [-0.3, -0.25) is 0 Å². The molecule has 2 rings (SSSR count). The van der Waals surface area contributed by atoms with Gasteiger partial charge in [0.25, 0.3) is 0 Å². The fraction of sp³-hybridized carbons (Fsp3) is 0.647. The molecule has 0 saturated carbocycles. The van der Waals surface area contributed by atoms with Gasteiger partial charge in [0.05, 0.1) is 6.10 Å². The fourth-order valence-corrected chi connectivity index (χ4v) is 3.21. The Balaban J connectivity index is 1.98. The maximum atomic E-state index is 5.82. The summed E-state index contributed by atoms with van der Waals surface area (Å²) >= 11 is 3.58. The lowest BCUT2D eigenvalue weighted by molar-refractivity contribution is 0.0976. The Morgan fingerprint density at radius 3 is 2.85 bits per heavy atom. The van der Waals surface area contributed by atoms with E-state index in [2.05, 4.69) is 59.4 Å². The van der Waals surface area contributed by atoms with Gasteiger partial charge in [0.15, 0.2) is 0 Å². The van der Waals surface area contributed by atoms with Crippen molar-refractivity contribution in [2.75, 3.05) is 19.7 Å². The van der Waals surface area contributed by atoms with Gasteiger partial charge in [0.2, 0.25) is 0 Å². The summed E-state index contributed by atoms with van der Waals surface area (Å²) in [5, 5.41) is 3.61. The molecule has 3 heteroatoms. The van der Waals surface area contributed by atoms with Crippen LogP contribution in [0.3, 0.4) is 0 Å². The molecule has 1 saturated heterocycles. The second-order valence-corrected chi connectivity index (χ2v) is 7.09. The molecule has 0 amide bonds. The van der Waals surface area contributed by atoms with Crippen LogP contribution in [0.2, 0.25) is 0 Å². The Kier molecular flexibility index (Phi) is 6.53. The van der Waals surface area contributed by atoms with Crippen molar-refractivity contribution in [3.63, 3.8) is 0 Å². The van der Waals surface area contributed by atoms with Crippen LogP contribution in [0.5, 0.6) is 0 Å². The minimum absolute atomic E-state index is 0.444. The maximum Gasteiger partial charge on any atom is 0.0582 e. The molecule has 0 radical (unpaired) electrons. The molecule has 1 aromatic rings. The summed E-state index contributed by atoms with van der Waals surface area (Å²) in [6, 6.07) is 8.71. The van der Waals surface area contributed by atoms with Crippen LogP contribution in [0.25, 0.3) is 0 Å². The van der Waals surface area contributed by atoms with Gasteiger partial charge in [-0.1, -0.05) is 41.9 Å². The van der Waals surface area contributed by atoms with Crippen molar-refractivity contribution in [2.24, 2.45) is 5.92 Å². The Morgan fingerprint density at radius 2 is 2.20 bits per heavy atom. The maximum absolute atomic E-state index is 5.82. The zero-order chi connectivity index (χ0) is 14.4. The third-order valence-corrected chi connectivity index (χ3v) is 4.33. The zero-order valence-corrected chi connectivity index (χ0v) is 14.2. The highest BCUT2D eigenvalue weighted by molar-refractivity contribution is 9.10. The molecule has 2 atom stereocenters. The van der Waals surface area contributed by atoms with Gasteiger partial charge in [-0.15, -0.1) is 0 Å². The number of rotatable bonds is 7. The Bertz CT molecular complexity index is 402. The van der Waals surface area contributed by atoms with Crippen molar-refractivity contribution >= 4 is 15.9 Å². The molecule has 0 aliphatic carbocycles. The summed E-state index contributed by atoms with van der Waals surface area (Å²) in [7, 11) is 0. The average molecular weight is 340 g/mol. The molecule has 112 valence electrons. The first-order chi connectivity index (χ1) is 9.65. The third-order valence-electron chi connectivity index (χ3n) is 3.83. The summed E-state index contributed by atoms with van der Waals surface area (Å²) in [5.41, 5.74) is 1.41. The van der Waals surface area contributed by atoms with E-state index < -0.39 is 0 Å². The molecular formula is C17H26BrNO. The zero-order valence-electron chi connectivity index (χ0n) is 12.6. The van der Waals surface area contributed by atoms with E-state index in [0.29, 0.717) is 17.9 Å². The molecule has 1 aromatic carbocycles. The predicted molar refractivity (Wildman–Crippen MR) is 88.2 cm³/mol. The number of hydrogen-bond acceptors (Lipinski definition) is 2. The molecule has 20 heavy (non-hydrogen) atoms. The van der Waals surface area contributed by atoms with Gasteiger partial charge in [-0.2, -0.15) is 0 Å². The van der Waals surface area contributed by atoms with E-state index >= 15 is 0 Å². The average Bonchev–Trinajstić information content (AvgIpc) is 2.90. The molecule has 0 aromatic heterocycles. The molecule has 0 spiro atoms. The van der Waals surface area contributed by atoms with Crippen LogP contribution in [-0.2, 0) is 4.74 Å². The largest absolute Gasteiger partial charge is 0.378 e. The quantitative estimate of drug-likeness (QED) is 0.797. The first-order valence-corrected chi connectivity index (χ1v) is 8.52. The number of nitrogens with one attached hydrogen (secondary N) is 1. The van der Waals surface area contributed by atoms with Gasteiger partial charge in [-0.25, -0.2) is 0 Å². The van der Waals surface area contributed by atoms with Gasteiger partial charge in [0, 0.05) is 17.6 Å². The van der Waals surface area contributed by atoms with Crippen molar-refractivity contribution in [2.45, 2.75) is 45.1 Å². The number of halogens is 1. The summed E-state index contributed by atoms with van der Waals surface area (Å²) < 4.78 is 6.99. The van der Waals surface area contributed by atoms with Crippen LogP contribution in [0.4, 0.5) is 0 Å². The van der Waals surface area contributed by atoms with Crippen molar-refractivity contribution in [1.82, 2.24) is 5.32 Å². The second-order valence-electron chi connectivity index (χ2n) is 6.17. The van der Waals surface area contributed by atoms with Crippen molar-refractivity contribution in [3.05, 3.63) is 34.3 Å². The van der Waals surface area contributed by atoms with E-state index in [1.54, 1.807) is 0 Å². The first-order valence-electron chi connectivity index (χ1n) is 7.73. The van der Waals surface area contributed by atoms with E-state index in [-0.39, 0.29) is 0 Å². The van der Waals surface area contributed by atoms with Gasteiger partial charge >= 0.3 is 0 Å². The predicted octanol–water partition coefficient (Wildman–Crippen LogP) is 4.35. The molecule has 2 nitrogen and oxygen atoms in total. The van der Waals surface area contributed by atoms with E-state index in [1.807, 2.05) is 0 Å². The molecule has 1 aliphatic rings.